The molecule has 0 saturated heterocycles. The highest BCUT2D eigenvalue weighted by Gasteiger charge is 2.16. The van der Waals surface area contributed by atoms with Crippen molar-refractivity contribution in [1.82, 2.24) is 4.90 Å². The van der Waals surface area contributed by atoms with Crippen LogP contribution in [0.5, 0.6) is 17.2 Å². The summed E-state index contributed by atoms with van der Waals surface area (Å²) in [6.07, 6.45) is 0. The summed E-state index contributed by atoms with van der Waals surface area (Å²) in [5.74, 6) is -0.540. The van der Waals surface area contributed by atoms with Crippen molar-refractivity contribution in [3.63, 3.8) is 0 Å². The van der Waals surface area contributed by atoms with Crippen LogP contribution >= 0.6 is 0 Å². The summed E-state index contributed by atoms with van der Waals surface area (Å²) >= 11 is 0. The van der Waals surface area contributed by atoms with Crippen LogP contribution in [0.15, 0.2) is 42.5 Å². The molecule has 0 bridgehead atoms. The molecule has 0 spiro atoms. The van der Waals surface area contributed by atoms with Crippen LogP contribution in [0.25, 0.3) is 0 Å². The Hall–Kier alpha value is -2.69. The molecule has 0 aliphatic carbocycles. The third kappa shape index (κ3) is 3.00. The predicted molar refractivity (Wildman–Crippen MR) is 73.7 cm³/mol. The molecule has 0 aliphatic rings. The van der Waals surface area contributed by atoms with Gasteiger partial charge in [-0.25, -0.2) is 0 Å². The molecule has 0 fully saturated rings. The van der Waals surface area contributed by atoms with Gasteiger partial charge in [0.15, 0.2) is 0 Å². The van der Waals surface area contributed by atoms with Crippen LogP contribution in [0.2, 0.25) is 0 Å². The monoisotopic (exact) mass is 273 g/mol. The Morgan fingerprint density at radius 2 is 1.60 bits per heavy atom. The van der Waals surface area contributed by atoms with E-state index in [-0.39, 0.29) is 28.7 Å². The number of nitrogens with zero attached hydrogens (tertiary/aromatic N) is 1. The smallest absolute Gasteiger partial charge is 0.257 e. The molecule has 0 heterocycles. The number of phenolic OH excluding ortho intramolecular Hbond substituents is 3. The van der Waals surface area contributed by atoms with Crippen molar-refractivity contribution >= 4 is 5.91 Å². The first-order valence-corrected chi connectivity index (χ1v) is 6.02. The number of phenols is 3. The standard InChI is InChI=1S/C15H15NO4/c1-16(9-10-2-4-11(17)5-3-10)15(20)13-7-6-12(18)8-14(13)19/h2-8,17-19H,9H2,1H3. The molecule has 1 amide bonds. The van der Waals surface area contributed by atoms with Gasteiger partial charge in [0.25, 0.3) is 5.91 Å². The van der Waals surface area contributed by atoms with Gasteiger partial charge in [0, 0.05) is 19.7 Å². The SMILES string of the molecule is CN(Cc1ccc(O)cc1)C(=O)c1ccc(O)cc1O. The van der Waals surface area contributed by atoms with E-state index >= 15 is 0 Å². The average molecular weight is 273 g/mol. The maximum atomic E-state index is 12.2. The Labute approximate surface area is 116 Å². The van der Waals surface area contributed by atoms with Gasteiger partial charge in [-0.15, -0.1) is 0 Å². The zero-order valence-corrected chi connectivity index (χ0v) is 10.9. The van der Waals surface area contributed by atoms with Gasteiger partial charge in [-0.2, -0.15) is 0 Å². The maximum Gasteiger partial charge on any atom is 0.257 e. The Morgan fingerprint density at radius 1 is 1.00 bits per heavy atom. The maximum absolute atomic E-state index is 12.2. The predicted octanol–water partition coefficient (Wildman–Crippen LogP) is 2.08. The third-order valence-electron chi connectivity index (χ3n) is 2.91. The van der Waals surface area contributed by atoms with Crippen molar-refractivity contribution < 1.29 is 20.1 Å². The van der Waals surface area contributed by atoms with Crippen LogP contribution in [-0.4, -0.2) is 33.2 Å². The molecule has 0 saturated carbocycles. The quantitative estimate of drug-likeness (QED) is 0.799. The molecule has 5 heteroatoms. The fraction of sp³-hybridized carbons (Fsp3) is 0.133. The highest BCUT2D eigenvalue weighted by atomic mass is 16.3. The Kier molecular flexibility index (Phi) is 3.79. The zero-order chi connectivity index (χ0) is 14.7. The van der Waals surface area contributed by atoms with Gasteiger partial charge in [-0.1, -0.05) is 12.1 Å². The Balaban J connectivity index is 2.14. The van der Waals surface area contributed by atoms with Gasteiger partial charge >= 0.3 is 0 Å². The fourth-order valence-electron chi connectivity index (χ4n) is 1.85. The topological polar surface area (TPSA) is 81.0 Å². The normalized spacial score (nSPS) is 10.2. The van der Waals surface area contributed by atoms with Crippen LogP contribution in [0, 0.1) is 0 Å². The van der Waals surface area contributed by atoms with Gasteiger partial charge < -0.3 is 20.2 Å². The Bertz CT molecular complexity index is 622. The second-order valence-corrected chi connectivity index (χ2v) is 4.53. The highest BCUT2D eigenvalue weighted by molar-refractivity contribution is 5.96. The van der Waals surface area contributed by atoms with Crippen molar-refractivity contribution in [2.75, 3.05) is 7.05 Å². The lowest BCUT2D eigenvalue weighted by Gasteiger charge is -2.18. The minimum absolute atomic E-state index is 0.0970. The van der Waals surface area contributed by atoms with E-state index in [4.69, 9.17) is 0 Å². The van der Waals surface area contributed by atoms with E-state index in [2.05, 4.69) is 0 Å². The molecule has 0 radical (unpaired) electrons. The highest BCUT2D eigenvalue weighted by Crippen LogP contribution is 2.24. The Morgan fingerprint density at radius 3 is 2.20 bits per heavy atom. The molecule has 3 N–H and O–H groups in total. The molecule has 0 unspecified atom stereocenters. The molecule has 104 valence electrons. The summed E-state index contributed by atoms with van der Waals surface area (Å²) in [4.78, 5) is 13.6. The fourth-order valence-corrected chi connectivity index (χ4v) is 1.85. The summed E-state index contributed by atoms with van der Waals surface area (Å²) in [5.41, 5.74) is 0.987. The molecule has 2 rings (SSSR count). The van der Waals surface area contributed by atoms with Gasteiger partial charge in [0.1, 0.15) is 17.2 Å². The molecular formula is C15H15NO4. The number of hydrogen-bond donors (Lipinski definition) is 3. The zero-order valence-electron chi connectivity index (χ0n) is 10.9. The van der Waals surface area contributed by atoms with E-state index in [1.54, 1.807) is 31.3 Å². The van der Waals surface area contributed by atoms with Crippen molar-refractivity contribution in [2.24, 2.45) is 0 Å². The molecule has 0 aliphatic heterocycles. The van der Waals surface area contributed by atoms with E-state index in [9.17, 15) is 20.1 Å². The van der Waals surface area contributed by atoms with E-state index in [1.807, 2.05) is 0 Å². The molecule has 5 nitrogen and oxygen atoms in total. The molecular weight excluding hydrogens is 258 g/mol. The van der Waals surface area contributed by atoms with Crippen LogP contribution in [-0.2, 0) is 6.54 Å². The number of hydrogen-bond acceptors (Lipinski definition) is 4. The van der Waals surface area contributed by atoms with Crippen LogP contribution in [0.3, 0.4) is 0 Å². The largest absolute Gasteiger partial charge is 0.508 e. The summed E-state index contributed by atoms with van der Waals surface area (Å²) in [6.45, 7) is 0.347. The lowest BCUT2D eigenvalue weighted by Crippen LogP contribution is -2.26. The van der Waals surface area contributed by atoms with E-state index in [0.29, 0.717) is 6.54 Å². The second kappa shape index (κ2) is 5.52. The van der Waals surface area contributed by atoms with Crippen LogP contribution in [0.1, 0.15) is 15.9 Å². The minimum Gasteiger partial charge on any atom is -0.508 e. The lowest BCUT2D eigenvalue weighted by atomic mass is 10.1. The number of aromatic hydroxyl groups is 3. The average Bonchev–Trinajstić information content (AvgIpc) is 2.40. The van der Waals surface area contributed by atoms with Gasteiger partial charge in [0.2, 0.25) is 0 Å². The molecule has 0 atom stereocenters. The first-order valence-electron chi connectivity index (χ1n) is 6.02. The summed E-state index contributed by atoms with van der Waals surface area (Å²) < 4.78 is 0. The summed E-state index contributed by atoms with van der Waals surface area (Å²) in [7, 11) is 1.61. The number of amides is 1. The van der Waals surface area contributed by atoms with E-state index < -0.39 is 0 Å². The lowest BCUT2D eigenvalue weighted by molar-refractivity contribution is 0.0782. The van der Waals surface area contributed by atoms with Gasteiger partial charge in [0.05, 0.1) is 5.56 Å². The molecule has 2 aromatic rings. The second-order valence-electron chi connectivity index (χ2n) is 4.53. The van der Waals surface area contributed by atoms with Crippen molar-refractivity contribution in [3.8, 4) is 17.2 Å². The van der Waals surface area contributed by atoms with Crippen molar-refractivity contribution in [3.05, 3.63) is 53.6 Å². The first-order chi connectivity index (χ1) is 9.47. The number of carbonyl (C=O) groups is 1. The number of benzene rings is 2. The third-order valence-corrected chi connectivity index (χ3v) is 2.91. The van der Waals surface area contributed by atoms with Crippen molar-refractivity contribution in [1.29, 1.82) is 0 Å². The molecule has 0 aromatic heterocycles. The molecule has 2 aromatic carbocycles. The number of carbonyl (C=O) groups excluding carboxylic acids is 1. The van der Waals surface area contributed by atoms with Crippen LogP contribution in [0.4, 0.5) is 0 Å². The van der Waals surface area contributed by atoms with Gasteiger partial charge in [-0.05, 0) is 29.8 Å². The number of rotatable bonds is 3. The van der Waals surface area contributed by atoms with Gasteiger partial charge in [-0.3, -0.25) is 4.79 Å². The molecule has 20 heavy (non-hydrogen) atoms. The minimum atomic E-state index is -0.351. The first kappa shape index (κ1) is 13.7. The van der Waals surface area contributed by atoms with E-state index in [1.165, 1.54) is 17.0 Å². The van der Waals surface area contributed by atoms with Crippen molar-refractivity contribution in [2.45, 2.75) is 6.54 Å². The summed E-state index contributed by atoms with van der Waals surface area (Å²) in [5, 5.41) is 28.1. The van der Waals surface area contributed by atoms with Crippen LogP contribution < -0.4 is 0 Å². The van der Waals surface area contributed by atoms with E-state index in [0.717, 1.165) is 11.6 Å². The summed E-state index contributed by atoms with van der Waals surface area (Å²) in [6, 6.07) is 10.4.